The Balaban J connectivity index is 3.14. The van der Waals surface area contributed by atoms with Crippen LogP contribution < -0.4 is 5.32 Å². The molecule has 0 fully saturated rings. The summed E-state index contributed by atoms with van der Waals surface area (Å²) in [5.41, 5.74) is -0.00563. The van der Waals surface area contributed by atoms with E-state index < -0.39 is 28.4 Å². The lowest BCUT2D eigenvalue weighted by atomic mass is 10.00. The summed E-state index contributed by atoms with van der Waals surface area (Å²) >= 11 is 0. The Morgan fingerprint density at radius 2 is 2.10 bits per heavy atom. The van der Waals surface area contributed by atoms with Crippen LogP contribution >= 0.6 is 0 Å². The van der Waals surface area contributed by atoms with Crippen LogP contribution in [0.1, 0.15) is 25.8 Å². The number of hydrogen-bond acceptors (Lipinski definition) is 4. The summed E-state index contributed by atoms with van der Waals surface area (Å²) in [4.78, 5) is 21.1. The molecule has 0 aliphatic carbocycles. The average Bonchev–Trinajstić information content (AvgIpc) is 2.31. The Hall–Kier alpha value is -2.18. The van der Waals surface area contributed by atoms with Crippen LogP contribution in [0.3, 0.4) is 0 Å². The molecule has 20 heavy (non-hydrogen) atoms. The van der Waals surface area contributed by atoms with Gasteiger partial charge in [0.2, 0.25) is 0 Å². The van der Waals surface area contributed by atoms with Gasteiger partial charge in [-0.3, -0.25) is 14.9 Å². The lowest BCUT2D eigenvalue weighted by Crippen LogP contribution is -2.29. The largest absolute Gasteiger partial charge is 0.481 e. The van der Waals surface area contributed by atoms with Crippen molar-refractivity contribution in [2.45, 2.75) is 33.2 Å². The van der Waals surface area contributed by atoms with E-state index in [0.717, 1.165) is 6.07 Å². The van der Waals surface area contributed by atoms with Crippen molar-refractivity contribution < 1.29 is 19.2 Å². The standard InChI is InChI=1S/C13H17FN2O4/c1-7(2)10(6-13(17)18)15-11-4-8(3)9(14)5-12(11)16(19)20/h4-5,7,10,15H,6H2,1-3H3,(H,17,18). The van der Waals surface area contributed by atoms with Gasteiger partial charge in [0.05, 0.1) is 17.4 Å². The van der Waals surface area contributed by atoms with Gasteiger partial charge >= 0.3 is 5.97 Å². The van der Waals surface area contributed by atoms with Gasteiger partial charge in [-0.25, -0.2) is 4.39 Å². The highest BCUT2D eigenvalue weighted by molar-refractivity contribution is 5.70. The second kappa shape index (κ2) is 6.31. The number of hydrogen-bond donors (Lipinski definition) is 2. The molecule has 110 valence electrons. The van der Waals surface area contributed by atoms with Crippen LogP contribution in [0, 0.1) is 28.8 Å². The molecule has 0 saturated heterocycles. The zero-order chi connectivity index (χ0) is 15.4. The molecular weight excluding hydrogens is 267 g/mol. The molecule has 1 aromatic carbocycles. The zero-order valence-electron chi connectivity index (χ0n) is 11.5. The molecule has 0 aliphatic heterocycles. The van der Waals surface area contributed by atoms with Crippen LogP contribution in [-0.2, 0) is 4.79 Å². The lowest BCUT2D eigenvalue weighted by Gasteiger charge is -2.22. The van der Waals surface area contributed by atoms with E-state index in [1.54, 1.807) is 0 Å². The van der Waals surface area contributed by atoms with Crippen LogP contribution in [0.2, 0.25) is 0 Å². The number of anilines is 1. The monoisotopic (exact) mass is 284 g/mol. The Bertz CT molecular complexity index is 531. The predicted molar refractivity (Wildman–Crippen MR) is 72.3 cm³/mol. The minimum absolute atomic E-state index is 0.0453. The first kappa shape index (κ1) is 15.9. The first-order valence-electron chi connectivity index (χ1n) is 6.15. The molecule has 0 spiro atoms. The summed E-state index contributed by atoms with van der Waals surface area (Å²) in [7, 11) is 0. The molecule has 0 aliphatic rings. The van der Waals surface area contributed by atoms with Crippen LogP contribution in [0.5, 0.6) is 0 Å². The maximum absolute atomic E-state index is 13.4. The van der Waals surface area contributed by atoms with Crippen LogP contribution in [0.15, 0.2) is 12.1 Å². The molecule has 1 unspecified atom stereocenters. The number of aryl methyl sites for hydroxylation is 1. The number of carboxylic acids is 1. The Kier molecular flexibility index (Phi) is 5.01. The Morgan fingerprint density at radius 1 is 1.50 bits per heavy atom. The highest BCUT2D eigenvalue weighted by Crippen LogP contribution is 2.29. The number of rotatable bonds is 6. The van der Waals surface area contributed by atoms with Gasteiger partial charge < -0.3 is 10.4 Å². The second-order valence-corrected chi connectivity index (χ2v) is 4.97. The van der Waals surface area contributed by atoms with E-state index in [1.165, 1.54) is 13.0 Å². The zero-order valence-corrected chi connectivity index (χ0v) is 11.5. The van der Waals surface area contributed by atoms with Gasteiger partial charge in [0, 0.05) is 6.04 Å². The third kappa shape index (κ3) is 3.91. The minimum Gasteiger partial charge on any atom is -0.481 e. The summed E-state index contributed by atoms with van der Waals surface area (Å²) in [6.45, 7) is 5.11. The molecule has 0 bridgehead atoms. The summed E-state index contributed by atoms with van der Waals surface area (Å²) < 4.78 is 13.4. The Morgan fingerprint density at radius 3 is 2.55 bits per heavy atom. The van der Waals surface area contributed by atoms with E-state index in [9.17, 15) is 19.3 Å². The van der Waals surface area contributed by atoms with Gasteiger partial charge in [-0.15, -0.1) is 0 Å². The SMILES string of the molecule is Cc1cc(NC(CC(=O)O)C(C)C)c([N+](=O)[O-])cc1F. The van der Waals surface area contributed by atoms with E-state index >= 15 is 0 Å². The van der Waals surface area contributed by atoms with E-state index in [1.807, 2.05) is 13.8 Å². The third-order valence-corrected chi connectivity index (χ3v) is 3.01. The molecule has 1 aromatic rings. The first-order chi connectivity index (χ1) is 9.22. The van der Waals surface area contributed by atoms with Gasteiger partial charge in [-0.05, 0) is 24.5 Å². The summed E-state index contributed by atoms with van der Waals surface area (Å²) in [5, 5.41) is 22.6. The molecule has 0 aromatic heterocycles. The topological polar surface area (TPSA) is 92.5 Å². The maximum atomic E-state index is 13.4. The fourth-order valence-corrected chi connectivity index (χ4v) is 1.78. The van der Waals surface area contributed by atoms with E-state index in [-0.39, 0.29) is 23.6 Å². The van der Waals surface area contributed by atoms with Crippen molar-refractivity contribution >= 4 is 17.3 Å². The number of benzene rings is 1. The van der Waals surface area contributed by atoms with Crippen LogP contribution in [-0.4, -0.2) is 22.0 Å². The number of nitro groups is 1. The summed E-state index contributed by atoms with van der Waals surface area (Å²) in [6, 6.07) is 1.69. The molecule has 0 radical (unpaired) electrons. The normalized spacial score (nSPS) is 12.2. The van der Waals surface area contributed by atoms with Crippen molar-refractivity contribution in [3.05, 3.63) is 33.6 Å². The summed E-state index contributed by atoms with van der Waals surface area (Å²) in [6.07, 6.45) is -0.175. The van der Waals surface area contributed by atoms with Crippen molar-refractivity contribution in [3.63, 3.8) is 0 Å². The number of aliphatic carboxylic acids is 1. The number of nitrogens with zero attached hydrogens (tertiary/aromatic N) is 1. The number of halogens is 1. The fraction of sp³-hybridized carbons (Fsp3) is 0.462. The molecular formula is C13H17FN2O4. The lowest BCUT2D eigenvalue weighted by molar-refractivity contribution is -0.384. The van der Waals surface area contributed by atoms with Gasteiger partial charge in [-0.2, -0.15) is 0 Å². The fourth-order valence-electron chi connectivity index (χ4n) is 1.78. The molecule has 0 saturated carbocycles. The maximum Gasteiger partial charge on any atom is 0.305 e. The highest BCUT2D eigenvalue weighted by Gasteiger charge is 2.23. The third-order valence-electron chi connectivity index (χ3n) is 3.01. The van der Waals surface area contributed by atoms with Gasteiger partial charge in [0.1, 0.15) is 11.5 Å². The molecule has 1 rings (SSSR count). The quantitative estimate of drug-likeness (QED) is 0.619. The van der Waals surface area contributed by atoms with Crippen LogP contribution in [0.25, 0.3) is 0 Å². The molecule has 6 nitrogen and oxygen atoms in total. The minimum atomic E-state index is -1.00. The van der Waals surface area contributed by atoms with Crippen molar-refractivity contribution in [2.75, 3.05) is 5.32 Å². The van der Waals surface area contributed by atoms with Gasteiger partial charge in [-0.1, -0.05) is 13.8 Å². The molecule has 0 heterocycles. The number of carboxylic acid groups (broad SMARTS) is 1. The smallest absolute Gasteiger partial charge is 0.305 e. The van der Waals surface area contributed by atoms with Crippen molar-refractivity contribution in [1.82, 2.24) is 0 Å². The highest BCUT2D eigenvalue weighted by atomic mass is 19.1. The van der Waals surface area contributed by atoms with Crippen molar-refractivity contribution in [1.29, 1.82) is 0 Å². The number of nitrogens with one attached hydrogen (secondary N) is 1. The molecule has 7 heteroatoms. The molecule has 2 N–H and O–H groups in total. The van der Waals surface area contributed by atoms with Gasteiger partial charge in [0.25, 0.3) is 5.69 Å². The number of nitro benzene ring substituents is 1. The Labute approximate surface area is 115 Å². The molecule has 0 amide bonds. The molecule has 1 atom stereocenters. The first-order valence-corrected chi connectivity index (χ1v) is 6.15. The van der Waals surface area contributed by atoms with E-state index in [2.05, 4.69) is 5.32 Å². The van der Waals surface area contributed by atoms with E-state index in [4.69, 9.17) is 5.11 Å². The predicted octanol–water partition coefficient (Wildman–Crippen LogP) is 2.95. The average molecular weight is 284 g/mol. The number of carbonyl (C=O) groups is 1. The second-order valence-electron chi connectivity index (χ2n) is 4.97. The van der Waals surface area contributed by atoms with Gasteiger partial charge in [0.15, 0.2) is 0 Å². The van der Waals surface area contributed by atoms with Crippen LogP contribution in [0.4, 0.5) is 15.8 Å². The van der Waals surface area contributed by atoms with Crippen molar-refractivity contribution in [3.8, 4) is 0 Å². The van der Waals surface area contributed by atoms with Crippen molar-refractivity contribution in [2.24, 2.45) is 5.92 Å². The summed E-state index contributed by atoms with van der Waals surface area (Å²) in [5.74, 6) is -1.71. The van der Waals surface area contributed by atoms with E-state index in [0.29, 0.717) is 0 Å².